The number of nitrogens with zero attached hydrogens (tertiary/aromatic N) is 3. The molecule has 44 heavy (non-hydrogen) atoms. The predicted molar refractivity (Wildman–Crippen MR) is 159 cm³/mol. The van der Waals surface area contributed by atoms with Gasteiger partial charge in [0, 0.05) is 47.3 Å². The Morgan fingerprint density at radius 2 is 1.84 bits per heavy atom. The number of carbonyl (C=O) groups excluding carboxylic acids is 1. The Hall–Kier alpha value is -4.34. The van der Waals surface area contributed by atoms with Gasteiger partial charge in [-0.25, -0.2) is 0 Å². The van der Waals surface area contributed by atoms with E-state index in [2.05, 4.69) is 33.2 Å². The topological polar surface area (TPSA) is 94.5 Å². The number of anilines is 1. The van der Waals surface area contributed by atoms with Crippen molar-refractivity contribution in [2.24, 2.45) is 23.5 Å². The lowest BCUT2D eigenvalue weighted by molar-refractivity contribution is -0.137. The SMILES string of the molecule is NC(=O)Cc1cc(OC2CC2)c2cc(N3CC4C(/C=C/c5c(-c6ccccc6C(F)(F)F)noc5C5CC5)C4C3)ccc2n1. The first-order valence-electron chi connectivity index (χ1n) is 15.2. The zero-order valence-electron chi connectivity index (χ0n) is 23.9. The van der Waals surface area contributed by atoms with Gasteiger partial charge < -0.3 is 19.9 Å². The van der Waals surface area contributed by atoms with E-state index >= 15 is 0 Å². The minimum atomic E-state index is -4.48. The molecule has 4 aromatic rings. The molecule has 1 saturated heterocycles. The summed E-state index contributed by atoms with van der Waals surface area (Å²) in [4.78, 5) is 18.5. The zero-order valence-corrected chi connectivity index (χ0v) is 23.9. The number of primary amides is 1. The van der Waals surface area contributed by atoms with Gasteiger partial charge in [0.1, 0.15) is 17.2 Å². The summed E-state index contributed by atoms with van der Waals surface area (Å²) in [5.74, 6) is 2.50. The summed E-state index contributed by atoms with van der Waals surface area (Å²) < 4.78 is 53.3. The molecule has 226 valence electrons. The van der Waals surface area contributed by atoms with Crippen molar-refractivity contribution in [3.05, 3.63) is 77.2 Å². The number of pyridine rings is 1. The maximum atomic E-state index is 13.8. The highest BCUT2D eigenvalue weighted by atomic mass is 19.4. The standard InChI is InChI=1S/C34H31F3N4O3/c35-34(36,37)28-4-2-1-3-23(28)32-24(33(44-40-32)18-5-6-18)11-10-22-26-16-41(17-27(22)26)20-7-12-29-25(15-20)30(43-21-8-9-21)13-19(39-29)14-31(38)42/h1-4,7,10-13,15,18,21-22,26-27H,5-6,8-9,14,16-17H2,(H2,38,42)/b11-10+. The summed E-state index contributed by atoms with van der Waals surface area (Å²) in [6, 6.07) is 13.6. The number of hydrogen-bond donors (Lipinski definition) is 1. The molecule has 0 bridgehead atoms. The fourth-order valence-electron chi connectivity index (χ4n) is 6.68. The zero-order chi connectivity index (χ0) is 30.2. The minimum absolute atomic E-state index is 0.0510. The van der Waals surface area contributed by atoms with Crippen LogP contribution < -0.4 is 15.4 Å². The smallest absolute Gasteiger partial charge is 0.417 e. The number of aromatic nitrogens is 2. The Bertz CT molecular complexity index is 1800. The summed E-state index contributed by atoms with van der Waals surface area (Å²) in [6.45, 7) is 1.78. The van der Waals surface area contributed by atoms with Crippen LogP contribution in [0.25, 0.3) is 28.2 Å². The molecular weight excluding hydrogens is 569 g/mol. The maximum Gasteiger partial charge on any atom is 0.417 e. The Morgan fingerprint density at radius 3 is 2.55 bits per heavy atom. The molecule has 0 spiro atoms. The number of benzene rings is 2. The van der Waals surface area contributed by atoms with Crippen LogP contribution in [0.5, 0.6) is 5.75 Å². The number of hydrogen-bond acceptors (Lipinski definition) is 6. The highest BCUT2D eigenvalue weighted by Crippen LogP contribution is 2.54. The Morgan fingerprint density at radius 1 is 1.07 bits per heavy atom. The van der Waals surface area contributed by atoms with Crippen LogP contribution in [-0.2, 0) is 17.4 Å². The minimum Gasteiger partial charge on any atom is -0.490 e. The predicted octanol–water partition coefficient (Wildman–Crippen LogP) is 6.75. The van der Waals surface area contributed by atoms with Crippen molar-refractivity contribution >= 4 is 28.6 Å². The third-order valence-corrected chi connectivity index (χ3v) is 9.28. The van der Waals surface area contributed by atoms with E-state index in [1.165, 1.54) is 12.1 Å². The quantitative estimate of drug-likeness (QED) is 0.228. The van der Waals surface area contributed by atoms with Crippen molar-refractivity contribution < 1.29 is 27.2 Å². The maximum absolute atomic E-state index is 13.8. The molecule has 2 aromatic heterocycles. The number of alkyl halides is 3. The molecule has 3 saturated carbocycles. The van der Waals surface area contributed by atoms with E-state index in [1.54, 1.807) is 6.07 Å². The van der Waals surface area contributed by atoms with E-state index in [9.17, 15) is 18.0 Å². The molecule has 2 unspecified atom stereocenters. The number of rotatable bonds is 9. The summed E-state index contributed by atoms with van der Waals surface area (Å²) in [5.41, 5.74) is 8.17. The molecular formula is C34H31F3N4O3. The second kappa shape index (κ2) is 10.1. The normalized spacial score (nSPS) is 23.0. The van der Waals surface area contributed by atoms with Gasteiger partial charge in [-0.2, -0.15) is 13.2 Å². The van der Waals surface area contributed by atoms with Crippen molar-refractivity contribution in [1.29, 1.82) is 0 Å². The molecule has 2 N–H and O–H groups in total. The lowest BCUT2D eigenvalue weighted by atomic mass is 9.98. The molecule has 7 nitrogen and oxygen atoms in total. The van der Waals surface area contributed by atoms with Gasteiger partial charge in [0.25, 0.3) is 0 Å². The van der Waals surface area contributed by atoms with Gasteiger partial charge in [0.15, 0.2) is 0 Å². The van der Waals surface area contributed by atoms with Gasteiger partial charge in [0.05, 0.1) is 29.3 Å². The monoisotopic (exact) mass is 600 g/mol. The summed E-state index contributed by atoms with van der Waals surface area (Å²) in [6.07, 6.45) is 3.84. The fourth-order valence-corrected chi connectivity index (χ4v) is 6.68. The average Bonchev–Trinajstić information content (AvgIpc) is 3.96. The summed E-state index contributed by atoms with van der Waals surface area (Å²) in [5, 5.41) is 5.07. The molecule has 1 aliphatic heterocycles. The van der Waals surface area contributed by atoms with Gasteiger partial charge >= 0.3 is 6.18 Å². The van der Waals surface area contributed by atoms with E-state index in [0.29, 0.717) is 34.8 Å². The number of halogens is 3. The molecule has 2 atom stereocenters. The molecule has 3 heterocycles. The van der Waals surface area contributed by atoms with E-state index in [1.807, 2.05) is 18.2 Å². The van der Waals surface area contributed by atoms with Crippen LogP contribution >= 0.6 is 0 Å². The number of piperidine rings is 1. The third kappa shape index (κ3) is 5.10. The summed E-state index contributed by atoms with van der Waals surface area (Å²) >= 11 is 0. The number of fused-ring (bicyclic) bond motifs is 2. The lowest BCUT2D eigenvalue weighted by Gasteiger charge is -2.22. The number of allylic oxidation sites excluding steroid dienone is 1. The van der Waals surface area contributed by atoms with Gasteiger partial charge in [-0.15, -0.1) is 0 Å². The molecule has 3 aliphatic carbocycles. The molecule has 1 amide bonds. The van der Waals surface area contributed by atoms with Crippen LogP contribution in [0.4, 0.5) is 18.9 Å². The number of carbonyl (C=O) groups is 1. The first-order valence-corrected chi connectivity index (χ1v) is 15.2. The van der Waals surface area contributed by atoms with Gasteiger partial charge in [-0.05, 0) is 67.7 Å². The van der Waals surface area contributed by atoms with Crippen LogP contribution in [0, 0.1) is 17.8 Å². The molecule has 0 radical (unpaired) electrons. The molecule has 8 rings (SSSR count). The van der Waals surface area contributed by atoms with Crippen molar-refractivity contribution in [2.75, 3.05) is 18.0 Å². The molecule has 4 aliphatic rings. The van der Waals surface area contributed by atoms with Crippen LogP contribution in [0.3, 0.4) is 0 Å². The van der Waals surface area contributed by atoms with Crippen molar-refractivity contribution in [3.63, 3.8) is 0 Å². The highest BCUT2D eigenvalue weighted by molar-refractivity contribution is 5.89. The molecule has 4 fully saturated rings. The van der Waals surface area contributed by atoms with Crippen molar-refractivity contribution in [1.82, 2.24) is 10.1 Å². The third-order valence-electron chi connectivity index (χ3n) is 9.28. The van der Waals surface area contributed by atoms with Crippen LogP contribution in [0.2, 0.25) is 0 Å². The van der Waals surface area contributed by atoms with Crippen molar-refractivity contribution in [3.8, 4) is 17.0 Å². The number of nitrogens with two attached hydrogens (primary N) is 1. The van der Waals surface area contributed by atoms with Crippen LogP contribution in [-0.4, -0.2) is 35.2 Å². The van der Waals surface area contributed by atoms with Gasteiger partial charge in [-0.1, -0.05) is 35.5 Å². The first kappa shape index (κ1) is 27.2. The number of ether oxygens (including phenoxy) is 1. The first-order chi connectivity index (χ1) is 21.2. The van der Waals surface area contributed by atoms with Crippen LogP contribution in [0.15, 0.2) is 59.1 Å². The van der Waals surface area contributed by atoms with E-state index < -0.39 is 17.6 Å². The largest absolute Gasteiger partial charge is 0.490 e. The Balaban J connectivity index is 1.02. The second-order valence-electron chi connectivity index (χ2n) is 12.6. The van der Waals surface area contributed by atoms with E-state index in [4.69, 9.17) is 15.0 Å². The average molecular weight is 601 g/mol. The van der Waals surface area contributed by atoms with Gasteiger partial charge in [-0.3, -0.25) is 9.78 Å². The fraction of sp³-hybridized carbons (Fsp3) is 0.382. The van der Waals surface area contributed by atoms with Crippen LogP contribution in [0.1, 0.15) is 54.2 Å². The second-order valence-corrected chi connectivity index (χ2v) is 12.6. The van der Waals surface area contributed by atoms with Gasteiger partial charge in [0.2, 0.25) is 5.91 Å². The summed E-state index contributed by atoms with van der Waals surface area (Å²) in [7, 11) is 0. The lowest BCUT2D eigenvalue weighted by Crippen LogP contribution is -2.23. The molecule has 2 aromatic carbocycles. The number of amides is 1. The van der Waals surface area contributed by atoms with E-state index in [-0.39, 0.29) is 29.7 Å². The molecule has 10 heteroatoms. The van der Waals surface area contributed by atoms with E-state index in [0.717, 1.165) is 67.2 Å². The van der Waals surface area contributed by atoms with Crippen molar-refractivity contribution in [2.45, 2.75) is 50.3 Å². The highest BCUT2D eigenvalue weighted by Gasteiger charge is 2.54. The Labute approximate surface area is 251 Å². The Kier molecular flexibility index (Phi) is 6.25.